The van der Waals surface area contributed by atoms with E-state index in [2.05, 4.69) is 36.1 Å². The summed E-state index contributed by atoms with van der Waals surface area (Å²) in [6, 6.07) is 0. The van der Waals surface area contributed by atoms with Gasteiger partial charge >= 0.3 is 0 Å². The minimum Gasteiger partial charge on any atom is -0.354 e. The van der Waals surface area contributed by atoms with Crippen molar-refractivity contribution in [3.63, 3.8) is 0 Å². The molecule has 1 aromatic heterocycles. The largest absolute Gasteiger partial charge is 0.354 e. The fourth-order valence-corrected chi connectivity index (χ4v) is 1.99. The highest BCUT2D eigenvalue weighted by Crippen LogP contribution is 2.22. The Kier molecular flexibility index (Phi) is 3.15. The Bertz CT molecular complexity index is 371. The molecule has 0 spiro atoms. The van der Waals surface area contributed by atoms with Crippen LogP contribution < -0.4 is 10.2 Å². The molecule has 0 saturated carbocycles. The lowest BCUT2D eigenvalue weighted by Crippen LogP contribution is -2.29. The zero-order valence-corrected chi connectivity index (χ0v) is 9.70. The molecule has 1 fully saturated rings. The molecule has 1 saturated heterocycles. The van der Waals surface area contributed by atoms with Crippen molar-refractivity contribution in [1.29, 1.82) is 0 Å². The van der Waals surface area contributed by atoms with E-state index in [1.165, 1.54) is 6.33 Å². The summed E-state index contributed by atoms with van der Waals surface area (Å²) < 4.78 is 0.861. The monoisotopic (exact) mass is 270 g/mol. The van der Waals surface area contributed by atoms with Gasteiger partial charge in [0, 0.05) is 32.3 Å². The number of aromatic nitrogens is 2. The van der Waals surface area contributed by atoms with Crippen LogP contribution in [0.25, 0.3) is 0 Å². The molecule has 0 unspecified atom stereocenters. The lowest BCUT2D eigenvalue weighted by molar-refractivity contribution is -0.120. The molecule has 0 radical (unpaired) electrons. The second-order valence-corrected chi connectivity index (χ2v) is 4.14. The standard InChI is InChI=1S/C9H11BrN4O/c10-7-5-11-6-13-9(7)14-3-1-8(15)12-2-4-14/h5-6H,1-4H2,(H,12,15). The SMILES string of the molecule is O=C1CCN(c2ncncc2Br)CCN1. The highest BCUT2D eigenvalue weighted by atomic mass is 79.9. The highest BCUT2D eigenvalue weighted by Gasteiger charge is 2.16. The number of hydrogen-bond acceptors (Lipinski definition) is 4. The molecular formula is C9H11BrN4O. The van der Waals surface area contributed by atoms with Gasteiger partial charge in [-0.15, -0.1) is 0 Å². The number of carbonyl (C=O) groups is 1. The molecule has 1 N–H and O–H groups in total. The summed E-state index contributed by atoms with van der Waals surface area (Å²) in [5, 5.41) is 2.82. The lowest BCUT2D eigenvalue weighted by Gasteiger charge is -2.21. The van der Waals surface area contributed by atoms with E-state index >= 15 is 0 Å². The van der Waals surface area contributed by atoms with Crippen molar-refractivity contribution in [2.24, 2.45) is 0 Å². The summed E-state index contributed by atoms with van der Waals surface area (Å²) in [5.41, 5.74) is 0. The third-order valence-electron chi connectivity index (χ3n) is 2.26. The van der Waals surface area contributed by atoms with Crippen LogP contribution in [0, 0.1) is 0 Å². The van der Waals surface area contributed by atoms with Gasteiger partial charge in [-0.2, -0.15) is 0 Å². The predicted molar refractivity (Wildman–Crippen MR) is 59.6 cm³/mol. The number of halogens is 1. The number of nitrogens with zero attached hydrogens (tertiary/aromatic N) is 3. The quantitative estimate of drug-likeness (QED) is 0.811. The average molecular weight is 271 g/mol. The molecule has 1 amide bonds. The van der Waals surface area contributed by atoms with Crippen LogP contribution in [0.15, 0.2) is 17.0 Å². The van der Waals surface area contributed by atoms with Gasteiger partial charge < -0.3 is 10.2 Å². The van der Waals surface area contributed by atoms with Crippen molar-refractivity contribution in [2.45, 2.75) is 6.42 Å². The Morgan fingerprint density at radius 3 is 3.13 bits per heavy atom. The Morgan fingerprint density at radius 2 is 2.33 bits per heavy atom. The van der Waals surface area contributed by atoms with Crippen molar-refractivity contribution >= 4 is 27.7 Å². The van der Waals surface area contributed by atoms with Crippen molar-refractivity contribution in [3.8, 4) is 0 Å². The van der Waals surface area contributed by atoms with Crippen molar-refractivity contribution < 1.29 is 4.79 Å². The normalized spacial score (nSPS) is 17.1. The van der Waals surface area contributed by atoms with Gasteiger partial charge in [0.15, 0.2) is 0 Å². The van der Waals surface area contributed by atoms with E-state index in [0.717, 1.165) is 16.8 Å². The molecule has 6 heteroatoms. The van der Waals surface area contributed by atoms with Crippen LogP contribution in [0.5, 0.6) is 0 Å². The highest BCUT2D eigenvalue weighted by molar-refractivity contribution is 9.10. The molecule has 5 nitrogen and oxygen atoms in total. The maximum Gasteiger partial charge on any atom is 0.221 e. The maximum atomic E-state index is 11.2. The van der Waals surface area contributed by atoms with Gasteiger partial charge in [-0.1, -0.05) is 0 Å². The molecule has 80 valence electrons. The van der Waals surface area contributed by atoms with E-state index in [1.54, 1.807) is 6.20 Å². The van der Waals surface area contributed by atoms with E-state index in [1.807, 2.05) is 0 Å². The van der Waals surface area contributed by atoms with Crippen LogP contribution >= 0.6 is 15.9 Å². The van der Waals surface area contributed by atoms with Crippen LogP contribution in [-0.2, 0) is 4.79 Å². The van der Waals surface area contributed by atoms with Crippen LogP contribution in [-0.4, -0.2) is 35.5 Å². The van der Waals surface area contributed by atoms with E-state index < -0.39 is 0 Å². The van der Waals surface area contributed by atoms with Crippen molar-refractivity contribution in [3.05, 3.63) is 17.0 Å². The van der Waals surface area contributed by atoms with Gasteiger partial charge in [-0.05, 0) is 15.9 Å². The zero-order valence-electron chi connectivity index (χ0n) is 8.11. The molecule has 1 aliphatic heterocycles. The molecule has 0 bridgehead atoms. The number of nitrogens with one attached hydrogen (secondary N) is 1. The van der Waals surface area contributed by atoms with Gasteiger partial charge in [0.05, 0.1) is 4.47 Å². The number of rotatable bonds is 1. The number of anilines is 1. The van der Waals surface area contributed by atoms with Gasteiger partial charge in [-0.3, -0.25) is 4.79 Å². The molecule has 0 aliphatic carbocycles. The summed E-state index contributed by atoms with van der Waals surface area (Å²) in [6.07, 6.45) is 3.74. The zero-order chi connectivity index (χ0) is 10.7. The first kappa shape index (κ1) is 10.4. The molecule has 0 aromatic carbocycles. The topological polar surface area (TPSA) is 58.1 Å². The fraction of sp³-hybridized carbons (Fsp3) is 0.444. The van der Waals surface area contributed by atoms with Gasteiger partial charge in [0.25, 0.3) is 0 Å². The van der Waals surface area contributed by atoms with E-state index in [0.29, 0.717) is 19.5 Å². The summed E-state index contributed by atoms with van der Waals surface area (Å²) >= 11 is 3.40. The van der Waals surface area contributed by atoms with E-state index in [4.69, 9.17) is 0 Å². The Morgan fingerprint density at radius 1 is 1.47 bits per heavy atom. The first-order valence-corrected chi connectivity index (χ1v) is 5.54. The molecular weight excluding hydrogens is 260 g/mol. The average Bonchev–Trinajstić information content (AvgIpc) is 2.44. The van der Waals surface area contributed by atoms with Crippen LogP contribution in [0.2, 0.25) is 0 Å². The van der Waals surface area contributed by atoms with Crippen molar-refractivity contribution in [2.75, 3.05) is 24.5 Å². The Labute approximate surface area is 96.0 Å². The molecule has 0 atom stereocenters. The van der Waals surface area contributed by atoms with Gasteiger partial charge in [0.1, 0.15) is 12.1 Å². The summed E-state index contributed by atoms with van der Waals surface area (Å²) in [4.78, 5) is 21.3. The van der Waals surface area contributed by atoms with Crippen LogP contribution in [0.4, 0.5) is 5.82 Å². The second kappa shape index (κ2) is 4.57. The molecule has 1 aromatic rings. The third kappa shape index (κ3) is 2.44. The number of hydrogen-bond donors (Lipinski definition) is 1. The first-order valence-electron chi connectivity index (χ1n) is 4.74. The van der Waals surface area contributed by atoms with E-state index in [-0.39, 0.29) is 5.91 Å². The fourth-order valence-electron chi connectivity index (χ4n) is 1.52. The third-order valence-corrected chi connectivity index (χ3v) is 2.82. The summed E-state index contributed by atoms with van der Waals surface area (Å²) in [5.74, 6) is 0.948. The van der Waals surface area contributed by atoms with Gasteiger partial charge in [0.2, 0.25) is 5.91 Å². The predicted octanol–water partition coefficient (Wildman–Crippen LogP) is 0.565. The maximum absolute atomic E-state index is 11.2. The first-order chi connectivity index (χ1) is 7.27. The summed E-state index contributed by atoms with van der Waals surface area (Å²) in [7, 11) is 0. The second-order valence-electron chi connectivity index (χ2n) is 3.28. The number of carbonyl (C=O) groups excluding carboxylic acids is 1. The van der Waals surface area contributed by atoms with Gasteiger partial charge in [-0.25, -0.2) is 9.97 Å². The minimum absolute atomic E-state index is 0.0997. The minimum atomic E-state index is 0.0997. The lowest BCUT2D eigenvalue weighted by atomic mass is 10.4. The molecule has 2 heterocycles. The van der Waals surface area contributed by atoms with Crippen LogP contribution in [0.3, 0.4) is 0 Å². The Hall–Kier alpha value is -1.17. The van der Waals surface area contributed by atoms with E-state index in [9.17, 15) is 4.79 Å². The molecule has 1 aliphatic rings. The summed E-state index contributed by atoms with van der Waals surface area (Å²) in [6.45, 7) is 2.14. The molecule has 2 rings (SSSR count). The Balaban J connectivity index is 2.16. The van der Waals surface area contributed by atoms with Crippen LogP contribution in [0.1, 0.15) is 6.42 Å². The number of amides is 1. The molecule has 15 heavy (non-hydrogen) atoms. The van der Waals surface area contributed by atoms with Crippen molar-refractivity contribution in [1.82, 2.24) is 15.3 Å². The smallest absolute Gasteiger partial charge is 0.221 e.